The number of nitrogens with one attached hydrogen (secondary N) is 1. The Bertz CT molecular complexity index is 1550. The van der Waals surface area contributed by atoms with E-state index in [1.807, 2.05) is 48.5 Å². The highest BCUT2D eigenvalue weighted by Gasteiger charge is 2.22. The second-order valence-electron chi connectivity index (χ2n) is 11.7. The van der Waals surface area contributed by atoms with Crippen LogP contribution in [0.3, 0.4) is 0 Å². The van der Waals surface area contributed by atoms with Gasteiger partial charge in [0.05, 0.1) is 20.8 Å². The topological polar surface area (TPSA) is 72.0 Å². The number of hydrogen-bond acceptors (Lipinski definition) is 8. The average Bonchev–Trinajstić information content (AvgIpc) is 3.58. The minimum Gasteiger partial charge on any atom is -0.497 e. The maximum Gasteiger partial charge on any atom is 0.165 e. The molecule has 0 aliphatic carbocycles. The number of likely N-dealkylation sites (tertiary alicyclic amines) is 2. The highest BCUT2D eigenvalue weighted by atomic mass is 35.5. The number of nitrogens with zero attached hydrogens (tertiary/aromatic N) is 4. The van der Waals surface area contributed by atoms with Crippen molar-refractivity contribution in [2.45, 2.75) is 44.7 Å². The molecule has 0 unspecified atom stereocenters. The monoisotopic (exact) mass is 707 g/mol. The molecule has 2 fully saturated rings. The first-order valence-electron chi connectivity index (χ1n) is 15.7. The van der Waals surface area contributed by atoms with E-state index in [2.05, 4.69) is 25.3 Å². The fourth-order valence-electron chi connectivity index (χ4n) is 6.25. The first-order chi connectivity index (χ1) is 21.6. The number of fused-ring (bicyclic) bond motifs is 1. The lowest BCUT2D eigenvalue weighted by Gasteiger charge is -2.32. The largest absolute Gasteiger partial charge is 0.497 e. The van der Waals surface area contributed by atoms with Crippen LogP contribution in [-0.2, 0) is 6.54 Å². The van der Waals surface area contributed by atoms with E-state index in [4.69, 9.17) is 14.2 Å². The summed E-state index contributed by atoms with van der Waals surface area (Å²) in [6, 6.07) is 19.5. The van der Waals surface area contributed by atoms with Gasteiger partial charge < -0.3 is 24.4 Å². The molecule has 2 aliphatic rings. The molecule has 0 saturated carbocycles. The number of benzene rings is 3. The number of aromatic nitrogens is 2. The molecule has 0 amide bonds. The molecular formula is C35H45Cl3FN5O3. The summed E-state index contributed by atoms with van der Waals surface area (Å²) in [5.74, 6) is 2.40. The van der Waals surface area contributed by atoms with Crippen molar-refractivity contribution in [3.05, 3.63) is 72.0 Å². The van der Waals surface area contributed by atoms with Crippen molar-refractivity contribution in [2.75, 3.05) is 58.9 Å². The van der Waals surface area contributed by atoms with Crippen molar-refractivity contribution in [1.29, 1.82) is 0 Å². The second kappa shape index (κ2) is 18.5. The van der Waals surface area contributed by atoms with Crippen LogP contribution in [0.1, 0.15) is 37.7 Å². The van der Waals surface area contributed by atoms with E-state index >= 15 is 0 Å². The fraction of sp³-hybridized carbons (Fsp3) is 0.429. The Balaban J connectivity index is 0.00000200. The van der Waals surface area contributed by atoms with Gasteiger partial charge in [0.15, 0.2) is 17.4 Å². The Hall–Kier alpha value is -3.08. The molecule has 256 valence electrons. The van der Waals surface area contributed by atoms with Gasteiger partial charge in [0.1, 0.15) is 17.2 Å². The minimum atomic E-state index is -0.279. The van der Waals surface area contributed by atoms with Crippen LogP contribution in [0.15, 0.2) is 60.7 Å². The summed E-state index contributed by atoms with van der Waals surface area (Å²) in [7, 11) is 3.33. The summed E-state index contributed by atoms with van der Waals surface area (Å²) in [6.45, 7) is 6.46. The summed E-state index contributed by atoms with van der Waals surface area (Å²) < 4.78 is 31.4. The van der Waals surface area contributed by atoms with Gasteiger partial charge in [-0.1, -0.05) is 6.07 Å². The first kappa shape index (κ1) is 38.4. The van der Waals surface area contributed by atoms with Crippen molar-refractivity contribution in [2.24, 2.45) is 0 Å². The molecule has 1 N–H and O–H groups in total. The molecule has 2 saturated heterocycles. The molecule has 8 nitrogen and oxygen atoms in total. The predicted octanol–water partition coefficient (Wildman–Crippen LogP) is 7.66. The van der Waals surface area contributed by atoms with E-state index in [0.717, 1.165) is 90.4 Å². The average molecular weight is 709 g/mol. The van der Waals surface area contributed by atoms with Crippen molar-refractivity contribution in [3.63, 3.8) is 0 Å². The van der Waals surface area contributed by atoms with Crippen LogP contribution < -0.4 is 19.5 Å². The molecule has 3 heterocycles. The van der Waals surface area contributed by atoms with E-state index in [1.54, 1.807) is 26.4 Å². The van der Waals surface area contributed by atoms with Crippen LogP contribution in [0.4, 0.5) is 10.2 Å². The molecule has 6 rings (SSSR count). The van der Waals surface area contributed by atoms with E-state index in [-0.39, 0.29) is 49.1 Å². The van der Waals surface area contributed by atoms with Crippen molar-refractivity contribution < 1.29 is 18.6 Å². The Morgan fingerprint density at radius 1 is 0.787 bits per heavy atom. The van der Waals surface area contributed by atoms with E-state index < -0.39 is 0 Å². The van der Waals surface area contributed by atoms with Crippen molar-refractivity contribution in [3.8, 4) is 28.5 Å². The molecular weight excluding hydrogens is 664 g/mol. The predicted molar refractivity (Wildman–Crippen MR) is 194 cm³/mol. The van der Waals surface area contributed by atoms with Gasteiger partial charge in [0, 0.05) is 48.6 Å². The quantitative estimate of drug-likeness (QED) is 0.151. The van der Waals surface area contributed by atoms with Crippen LogP contribution in [0, 0.1) is 5.82 Å². The summed E-state index contributed by atoms with van der Waals surface area (Å²) in [4.78, 5) is 4.83. The van der Waals surface area contributed by atoms with Crippen LogP contribution in [-0.4, -0.2) is 79.6 Å². The number of halogens is 4. The number of rotatable bonds is 12. The molecule has 0 bridgehead atoms. The summed E-state index contributed by atoms with van der Waals surface area (Å²) in [6.07, 6.45) is 5.40. The maximum absolute atomic E-state index is 14.8. The second-order valence-corrected chi connectivity index (χ2v) is 11.7. The third kappa shape index (κ3) is 9.74. The molecule has 0 atom stereocenters. The van der Waals surface area contributed by atoms with Crippen LogP contribution in [0.25, 0.3) is 22.0 Å². The van der Waals surface area contributed by atoms with Crippen LogP contribution in [0.5, 0.6) is 17.2 Å². The Kier molecular flexibility index (Phi) is 15.1. The smallest absolute Gasteiger partial charge is 0.165 e. The number of methoxy groups -OCH3 is 2. The molecule has 12 heteroatoms. The molecule has 4 aromatic rings. The van der Waals surface area contributed by atoms with Crippen molar-refractivity contribution in [1.82, 2.24) is 20.0 Å². The molecule has 3 aromatic carbocycles. The summed E-state index contributed by atoms with van der Waals surface area (Å²) >= 11 is 0. The zero-order chi connectivity index (χ0) is 30.3. The Labute approximate surface area is 295 Å². The zero-order valence-corrected chi connectivity index (χ0v) is 29.4. The molecule has 2 aliphatic heterocycles. The van der Waals surface area contributed by atoms with Crippen molar-refractivity contribution >= 4 is 53.8 Å². The van der Waals surface area contributed by atoms with E-state index in [1.165, 1.54) is 25.9 Å². The lowest BCUT2D eigenvalue weighted by Crippen LogP contribution is -2.38. The van der Waals surface area contributed by atoms with Gasteiger partial charge in [-0.2, -0.15) is 0 Å². The molecule has 47 heavy (non-hydrogen) atoms. The molecule has 1 aromatic heterocycles. The van der Waals surface area contributed by atoms with Gasteiger partial charge in [0.2, 0.25) is 0 Å². The van der Waals surface area contributed by atoms with Gasteiger partial charge in [0.25, 0.3) is 0 Å². The number of ether oxygens (including phenoxy) is 3. The zero-order valence-electron chi connectivity index (χ0n) is 27.0. The SMILES string of the molecule is COc1ccc(-c2nnc(NC3CCN(Cc4ccc(OCCCN5CCCC5)c(F)c4)CC3)c3cc(OC)ccc23)cc1.Cl.Cl.Cl. The van der Waals surface area contributed by atoms with Gasteiger partial charge >= 0.3 is 0 Å². The number of hydrogen-bond donors (Lipinski definition) is 1. The standard InChI is InChI=1S/C35H42FN5O3.3ClH/c1-42-28-9-7-26(8-10-28)34-30-12-11-29(43-2)23-31(30)35(39-38-34)37-27-14-19-41(20-15-27)24-25-6-13-33(32(36)22-25)44-21-5-18-40-16-3-4-17-40;;;/h6-13,22-23,27H,3-5,14-21,24H2,1-2H3,(H,37,39);3*1H. The first-order valence-corrected chi connectivity index (χ1v) is 15.7. The van der Waals surface area contributed by atoms with Gasteiger partial charge in [-0.05, 0) is 105 Å². The third-order valence-corrected chi connectivity index (χ3v) is 8.76. The molecule has 0 spiro atoms. The van der Waals surface area contributed by atoms with E-state index in [9.17, 15) is 4.39 Å². The minimum absolute atomic E-state index is 0. The normalized spacial score (nSPS) is 15.3. The fourth-order valence-corrected chi connectivity index (χ4v) is 6.25. The Morgan fingerprint density at radius 2 is 1.49 bits per heavy atom. The van der Waals surface area contributed by atoms with Crippen LogP contribution in [0.2, 0.25) is 0 Å². The van der Waals surface area contributed by atoms with Crippen LogP contribution >= 0.6 is 37.2 Å². The molecule has 0 radical (unpaired) electrons. The highest BCUT2D eigenvalue weighted by Crippen LogP contribution is 2.34. The number of anilines is 1. The lowest BCUT2D eigenvalue weighted by molar-refractivity contribution is 0.210. The summed E-state index contributed by atoms with van der Waals surface area (Å²) in [5.41, 5.74) is 2.76. The highest BCUT2D eigenvalue weighted by molar-refractivity contribution is 6.00. The maximum atomic E-state index is 14.8. The van der Waals surface area contributed by atoms with E-state index in [0.29, 0.717) is 12.4 Å². The lowest BCUT2D eigenvalue weighted by atomic mass is 10.0. The third-order valence-electron chi connectivity index (χ3n) is 8.76. The summed E-state index contributed by atoms with van der Waals surface area (Å²) in [5, 5.41) is 14.9. The Morgan fingerprint density at radius 3 is 2.17 bits per heavy atom. The van der Waals surface area contributed by atoms with Gasteiger partial charge in [-0.25, -0.2) is 4.39 Å². The van der Waals surface area contributed by atoms with Gasteiger partial charge in [-0.15, -0.1) is 47.4 Å². The number of piperidine rings is 1. The van der Waals surface area contributed by atoms with Gasteiger partial charge in [-0.3, -0.25) is 4.90 Å².